The topological polar surface area (TPSA) is 105 Å². The molecule has 3 heterocycles. The third-order valence-corrected chi connectivity index (χ3v) is 5.32. The predicted molar refractivity (Wildman–Crippen MR) is 120 cm³/mol. The quantitative estimate of drug-likeness (QED) is 0.440. The third kappa shape index (κ3) is 6.44. The standard InChI is InChI=1S/C18H10Cl2N4OS.C2HF3O2/c19-12-8-21-9-13(20)16(12)23-18-24-17(25)15(26-18)7-10-3-4-14-11(6-10)2-1-5-22-14;3-2(4,5)1(6)7/h1-9H,(H,21,23,24,25);(H,6,7). The lowest BCUT2D eigenvalue weighted by Gasteiger charge is -2.01. The van der Waals surface area contributed by atoms with Crippen molar-refractivity contribution in [3.05, 3.63) is 69.4 Å². The number of hydrogen-bond acceptors (Lipinski definition) is 6. The number of pyridine rings is 2. The van der Waals surface area contributed by atoms with Crippen LogP contribution in [0.1, 0.15) is 5.56 Å². The van der Waals surface area contributed by atoms with Gasteiger partial charge in [-0.2, -0.15) is 13.2 Å². The fraction of sp³-hybridized carbons (Fsp3) is 0.0500. The number of aliphatic carboxylic acids is 1. The normalized spacial score (nSPS) is 16.0. The highest BCUT2D eigenvalue weighted by atomic mass is 35.5. The Labute approximate surface area is 198 Å². The van der Waals surface area contributed by atoms with E-state index in [4.69, 9.17) is 33.1 Å². The van der Waals surface area contributed by atoms with Crippen molar-refractivity contribution in [3.8, 4) is 0 Å². The summed E-state index contributed by atoms with van der Waals surface area (Å²) in [4.78, 5) is 34.2. The number of aromatic nitrogens is 2. The molecule has 1 amide bonds. The van der Waals surface area contributed by atoms with E-state index in [1.807, 2.05) is 36.4 Å². The van der Waals surface area contributed by atoms with Crippen LogP contribution in [0.2, 0.25) is 10.0 Å². The molecule has 170 valence electrons. The average molecular weight is 515 g/mol. The van der Waals surface area contributed by atoms with E-state index in [-0.39, 0.29) is 5.91 Å². The van der Waals surface area contributed by atoms with Crippen molar-refractivity contribution in [2.24, 2.45) is 4.99 Å². The Morgan fingerprint density at radius 3 is 2.48 bits per heavy atom. The number of aliphatic imine (C=N–C) groups is 1. The molecule has 4 rings (SSSR count). The van der Waals surface area contributed by atoms with E-state index in [2.05, 4.69) is 20.3 Å². The van der Waals surface area contributed by atoms with Gasteiger partial charge in [0, 0.05) is 24.0 Å². The van der Waals surface area contributed by atoms with Crippen LogP contribution in [0.5, 0.6) is 0 Å². The summed E-state index contributed by atoms with van der Waals surface area (Å²) in [6.45, 7) is 0. The molecular formula is C20H11Cl2F3N4O3S. The number of carbonyl (C=O) groups excluding carboxylic acids is 1. The highest BCUT2D eigenvalue weighted by molar-refractivity contribution is 8.18. The van der Waals surface area contributed by atoms with Gasteiger partial charge in [0.1, 0.15) is 5.69 Å². The van der Waals surface area contributed by atoms with Crippen LogP contribution in [-0.4, -0.2) is 38.3 Å². The molecule has 1 saturated heterocycles. The maximum atomic E-state index is 12.2. The van der Waals surface area contributed by atoms with Gasteiger partial charge in [-0.3, -0.25) is 14.8 Å². The van der Waals surface area contributed by atoms with Crippen LogP contribution in [-0.2, 0) is 9.59 Å². The Morgan fingerprint density at radius 2 is 1.85 bits per heavy atom. The molecule has 2 N–H and O–H groups in total. The Hall–Kier alpha value is -3.15. The third-order valence-electron chi connectivity index (χ3n) is 3.86. The van der Waals surface area contributed by atoms with E-state index in [0.29, 0.717) is 25.8 Å². The van der Waals surface area contributed by atoms with E-state index < -0.39 is 12.1 Å². The van der Waals surface area contributed by atoms with Crippen molar-refractivity contribution < 1.29 is 27.9 Å². The van der Waals surface area contributed by atoms with Gasteiger partial charge in [0.05, 0.1) is 20.5 Å². The Balaban J connectivity index is 0.000000383. The average Bonchev–Trinajstić information content (AvgIpc) is 3.09. The molecular weight excluding hydrogens is 504 g/mol. The second kappa shape index (κ2) is 10.2. The minimum atomic E-state index is -5.08. The van der Waals surface area contributed by atoms with Gasteiger partial charge in [-0.05, 0) is 41.6 Å². The van der Waals surface area contributed by atoms with Crippen LogP contribution in [0.3, 0.4) is 0 Å². The number of benzene rings is 1. The van der Waals surface area contributed by atoms with Gasteiger partial charge in [-0.15, -0.1) is 0 Å². The van der Waals surface area contributed by atoms with E-state index in [9.17, 15) is 18.0 Å². The molecule has 0 bridgehead atoms. The van der Waals surface area contributed by atoms with Crippen LogP contribution in [0.4, 0.5) is 18.9 Å². The van der Waals surface area contributed by atoms with Crippen LogP contribution < -0.4 is 5.32 Å². The van der Waals surface area contributed by atoms with Crippen molar-refractivity contribution in [2.45, 2.75) is 6.18 Å². The SMILES string of the molecule is O=C(O)C(F)(F)F.O=C1NC(=Nc2c(Cl)cncc2Cl)SC1=Cc1ccc2ncccc2c1. The molecule has 3 aromatic rings. The summed E-state index contributed by atoms with van der Waals surface area (Å²) in [6, 6.07) is 9.68. The molecule has 1 fully saturated rings. The van der Waals surface area contributed by atoms with E-state index in [1.165, 1.54) is 24.2 Å². The first-order valence-corrected chi connectivity index (χ1v) is 10.4. The summed E-state index contributed by atoms with van der Waals surface area (Å²) in [6.07, 6.45) is 1.38. The smallest absolute Gasteiger partial charge is 0.475 e. The van der Waals surface area contributed by atoms with Crippen molar-refractivity contribution in [1.82, 2.24) is 15.3 Å². The minimum Gasteiger partial charge on any atom is -0.475 e. The maximum Gasteiger partial charge on any atom is 0.490 e. The maximum absolute atomic E-state index is 12.2. The number of carboxylic acids is 1. The molecule has 2 aromatic heterocycles. The lowest BCUT2D eigenvalue weighted by Crippen LogP contribution is -2.21. The lowest BCUT2D eigenvalue weighted by atomic mass is 10.1. The van der Waals surface area contributed by atoms with Crippen molar-refractivity contribution in [1.29, 1.82) is 0 Å². The van der Waals surface area contributed by atoms with Gasteiger partial charge in [0.25, 0.3) is 5.91 Å². The summed E-state index contributed by atoms with van der Waals surface area (Å²) in [5.41, 5.74) is 2.19. The number of carboxylic acid groups (broad SMARTS) is 1. The Bertz CT molecular complexity index is 1280. The zero-order chi connectivity index (χ0) is 24.2. The van der Waals surface area contributed by atoms with Gasteiger partial charge in [-0.25, -0.2) is 9.79 Å². The van der Waals surface area contributed by atoms with E-state index >= 15 is 0 Å². The van der Waals surface area contributed by atoms with Gasteiger partial charge in [0.15, 0.2) is 5.17 Å². The summed E-state index contributed by atoms with van der Waals surface area (Å²) in [7, 11) is 0. The number of thioether (sulfide) groups is 1. The van der Waals surface area contributed by atoms with Crippen molar-refractivity contribution in [2.75, 3.05) is 0 Å². The monoisotopic (exact) mass is 514 g/mol. The number of amides is 1. The van der Waals surface area contributed by atoms with Crippen LogP contribution in [0.25, 0.3) is 17.0 Å². The molecule has 7 nitrogen and oxygen atoms in total. The molecule has 0 spiro atoms. The van der Waals surface area contributed by atoms with Gasteiger partial charge < -0.3 is 10.4 Å². The molecule has 0 atom stereocenters. The van der Waals surface area contributed by atoms with E-state index in [1.54, 1.807) is 6.20 Å². The number of halogens is 5. The highest BCUT2D eigenvalue weighted by Crippen LogP contribution is 2.35. The first-order chi connectivity index (χ1) is 15.5. The molecule has 13 heteroatoms. The Morgan fingerprint density at radius 1 is 1.18 bits per heavy atom. The number of alkyl halides is 3. The molecule has 0 saturated carbocycles. The molecule has 1 aromatic carbocycles. The van der Waals surface area contributed by atoms with E-state index in [0.717, 1.165) is 16.5 Å². The summed E-state index contributed by atoms with van der Waals surface area (Å²) < 4.78 is 31.7. The number of nitrogens with one attached hydrogen (secondary N) is 1. The number of carbonyl (C=O) groups is 2. The zero-order valence-corrected chi connectivity index (χ0v) is 18.4. The second-order valence-electron chi connectivity index (χ2n) is 6.19. The number of nitrogens with zero attached hydrogens (tertiary/aromatic N) is 3. The number of fused-ring (bicyclic) bond motifs is 1. The molecule has 1 aliphatic heterocycles. The lowest BCUT2D eigenvalue weighted by molar-refractivity contribution is -0.192. The zero-order valence-electron chi connectivity index (χ0n) is 16.1. The highest BCUT2D eigenvalue weighted by Gasteiger charge is 2.38. The van der Waals surface area contributed by atoms with Crippen LogP contribution in [0.15, 0.2) is 58.8 Å². The molecule has 0 unspecified atom stereocenters. The van der Waals surface area contributed by atoms with Gasteiger partial charge in [0.2, 0.25) is 0 Å². The molecule has 33 heavy (non-hydrogen) atoms. The number of hydrogen-bond donors (Lipinski definition) is 2. The fourth-order valence-electron chi connectivity index (χ4n) is 2.43. The minimum absolute atomic E-state index is 0.221. The molecule has 1 aliphatic rings. The number of rotatable bonds is 2. The number of amidine groups is 1. The summed E-state index contributed by atoms with van der Waals surface area (Å²) >= 11 is 13.4. The van der Waals surface area contributed by atoms with Crippen molar-refractivity contribution in [3.63, 3.8) is 0 Å². The summed E-state index contributed by atoms with van der Waals surface area (Å²) in [5.74, 6) is -2.98. The molecule has 0 radical (unpaired) electrons. The predicted octanol–water partition coefficient (Wildman–Crippen LogP) is 5.46. The second-order valence-corrected chi connectivity index (χ2v) is 8.04. The van der Waals surface area contributed by atoms with Crippen LogP contribution in [0, 0.1) is 0 Å². The summed E-state index contributed by atoms with van der Waals surface area (Å²) in [5, 5.41) is 11.9. The van der Waals surface area contributed by atoms with Gasteiger partial charge >= 0.3 is 12.1 Å². The fourth-order valence-corrected chi connectivity index (χ4v) is 3.71. The van der Waals surface area contributed by atoms with Crippen LogP contribution >= 0.6 is 35.0 Å². The van der Waals surface area contributed by atoms with Gasteiger partial charge in [-0.1, -0.05) is 35.3 Å². The molecule has 0 aliphatic carbocycles. The Kier molecular flexibility index (Phi) is 7.57. The first kappa shape index (κ1) is 24.5. The first-order valence-electron chi connectivity index (χ1n) is 8.78. The van der Waals surface area contributed by atoms with Crippen molar-refractivity contribution >= 4 is 74.7 Å². The largest absolute Gasteiger partial charge is 0.490 e.